The van der Waals surface area contributed by atoms with E-state index in [9.17, 15) is 0 Å². The highest BCUT2D eigenvalue weighted by Crippen LogP contribution is 2.18. The number of hydrogen-bond donors (Lipinski definition) is 1. The third kappa shape index (κ3) is 2.74. The van der Waals surface area contributed by atoms with Crippen molar-refractivity contribution in [3.8, 4) is 0 Å². The summed E-state index contributed by atoms with van der Waals surface area (Å²) in [7, 11) is 1.73. The maximum Gasteiger partial charge on any atom is 0.0479 e. The molecular formula is C14H17NO. The maximum atomic E-state index is 5.01. The Hall–Kier alpha value is -1.54. The Morgan fingerprint density at radius 2 is 1.88 bits per heavy atom. The van der Waals surface area contributed by atoms with Gasteiger partial charge in [0.15, 0.2) is 0 Å². The molecule has 0 aliphatic rings. The number of ether oxygens (including phenoxy) is 1. The van der Waals surface area contributed by atoms with Crippen molar-refractivity contribution in [1.82, 2.24) is 0 Å². The smallest absolute Gasteiger partial charge is 0.0479 e. The summed E-state index contributed by atoms with van der Waals surface area (Å²) in [4.78, 5) is 0. The van der Waals surface area contributed by atoms with Gasteiger partial charge in [0.1, 0.15) is 0 Å². The fourth-order valence-electron chi connectivity index (χ4n) is 1.75. The first-order chi connectivity index (χ1) is 7.90. The molecule has 0 saturated carbocycles. The van der Waals surface area contributed by atoms with E-state index in [0.29, 0.717) is 0 Å². The molecule has 0 aliphatic carbocycles. The molecule has 2 aromatic carbocycles. The lowest BCUT2D eigenvalue weighted by Crippen LogP contribution is -2.04. The summed E-state index contributed by atoms with van der Waals surface area (Å²) >= 11 is 0. The van der Waals surface area contributed by atoms with Gasteiger partial charge in [-0.15, -0.1) is 0 Å². The Balaban J connectivity index is 2.02. The summed E-state index contributed by atoms with van der Waals surface area (Å²) in [5.41, 5.74) is 1.18. The van der Waals surface area contributed by atoms with Crippen LogP contribution in [0.25, 0.3) is 10.8 Å². The average molecular weight is 215 g/mol. The lowest BCUT2D eigenvalue weighted by atomic mass is 10.1. The van der Waals surface area contributed by atoms with Crippen molar-refractivity contribution < 1.29 is 4.74 Å². The van der Waals surface area contributed by atoms with Gasteiger partial charge < -0.3 is 10.1 Å². The van der Waals surface area contributed by atoms with E-state index in [1.807, 2.05) is 0 Å². The van der Waals surface area contributed by atoms with Gasteiger partial charge in [-0.05, 0) is 29.3 Å². The molecule has 0 aliphatic heterocycles. The van der Waals surface area contributed by atoms with Gasteiger partial charge in [0.25, 0.3) is 0 Å². The van der Waals surface area contributed by atoms with E-state index in [1.165, 1.54) is 16.5 Å². The summed E-state index contributed by atoms with van der Waals surface area (Å²) in [6.07, 6.45) is 1.03. The van der Waals surface area contributed by atoms with Gasteiger partial charge >= 0.3 is 0 Å². The zero-order chi connectivity index (χ0) is 11.2. The lowest BCUT2D eigenvalue weighted by Gasteiger charge is -2.07. The van der Waals surface area contributed by atoms with Crippen molar-refractivity contribution in [2.24, 2.45) is 0 Å². The molecule has 0 saturated heterocycles. The van der Waals surface area contributed by atoms with Gasteiger partial charge in [-0.2, -0.15) is 0 Å². The van der Waals surface area contributed by atoms with Gasteiger partial charge in [-0.1, -0.05) is 30.3 Å². The van der Waals surface area contributed by atoms with Crippen molar-refractivity contribution in [1.29, 1.82) is 0 Å². The number of rotatable bonds is 5. The Labute approximate surface area is 96.2 Å². The number of nitrogens with one attached hydrogen (secondary N) is 1. The number of fused-ring (bicyclic) bond motifs is 1. The minimum atomic E-state index is 0.806. The van der Waals surface area contributed by atoms with Crippen molar-refractivity contribution in [2.45, 2.75) is 6.42 Å². The standard InChI is InChI=1S/C14H17NO/c1-16-10-4-9-15-14-8-7-12-5-2-3-6-13(12)11-14/h2-3,5-8,11,15H,4,9-10H2,1H3. The molecule has 0 fully saturated rings. The van der Waals surface area contributed by atoms with E-state index in [4.69, 9.17) is 4.74 Å². The van der Waals surface area contributed by atoms with Crippen molar-refractivity contribution in [3.63, 3.8) is 0 Å². The van der Waals surface area contributed by atoms with Gasteiger partial charge in [-0.25, -0.2) is 0 Å². The lowest BCUT2D eigenvalue weighted by molar-refractivity contribution is 0.198. The SMILES string of the molecule is COCCCNc1ccc2ccccc2c1. The molecule has 0 unspecified atom stereocenters. The average Bonchev–Trinajstić information content (AvgIpc) is 2.34. The molecule has 16 heavy (non-hydrogen) atoms. The van der Waals surface area contributed by atoms with E-state index in [2.05, 4.69) is 47.8 Å². The van der Waals surface area contributed by atoms with E-state index < -0.39 is 0 Å². The van der Waals surface area contributed by atoms with Crippen molar-refractivity contribution >= 4 is 16.5 Å². The Kier molecular flexibility index (Phi) is 3.78. The molecule has 0 bridgehead atoms. The second kappa shape index (κ2) is 5.52. The number of methoxy groups -OCH3 is 1. The Morgan fingerprint density at radius 1 is 1.06 bits per heavy atom. The Bertz CT molecular complexity index is 453. The molecule has 84 valence electrons. The first-order valence-electron chi connectivity index (χ1n) is 5.62. The van der Waals surface area contributed by atoms with Gasteiger partial charge in [0.2, 0.25) is 0 Å². The van der Waals surface area contributed by atoms with Crippen LogP contribution in [0.1, 0.15) is 6.42 Å². The van der Waals surface area contributed by atoms with Crippen LogP contribution in [0.2, 0.25) is 0 Å². The zero-order valence-corrected chi connectivity index (χ0v) is 9.57. The summed E-state index contributed by atoms with van der Waals surface area (Å²) in [6.45, 7) is 1.76. The summed E-state index contributed by atoms with van der Waals surface area (Å²) in [5, 5.41) is 5.95. The van der Waals surface area contributed by atoms with E-state index in [1.54, 1.807) is 7.11 Å². The normalized spacial score (nSPS) is 10.6. The first-order valence-corrected chi connectivity index (χ1v) is 5.62. The monoisotopic (exact) mass is 215 g/mol. The minimum absolute atomic E-state index is 0.806. The molecule has 0 atom stereocenters. The summed E-state index contributed by atoms with van der Waals surface area (Å²) in [5.74, 6) is 0. The molecule has 2 aromatic rings. The van der Waals surface area contributed by atoms with E-state index >= 15 is 0 Å². The molecule has 2 rings (SSSR count). The predicted octanol–water partition coefficient (Wildman–Crippen LogP) is 3.29. The molecule has 0 spiro atoms. The number of benzene rings is 2. The highest BCUT2D eigenvalue weighted by atomic mass is 16.5. The number of hydrogen-bond acceptors (Lipinski definition) is 2. The van der Waals surface area contributed by atoms with Crippen LogP contribution >= 0.6 is 0 Å². The highest BCUT2D eigenvalue weighted by molar-refractivity contribution is 5.85. The van der Waals surface area contributed by atoms with Crippen LogP contribution in [0.15, 0.2) is 42.5 Å². The van der Waals surface area contributed by atoms with E-state index in [-0.39, 0.29) is 0 Å². The second-order valence-electron chi connectivity index (χ2n) is 3.84. The fourth-order valence-corrected chi connectivity index (χ4v) is 1.75. The largest absolute Gasteiger partial charge is 0.385 e. The summed E-state index contributed by atoms with van der Waals surface area (Å²) < 4.78 is 5.01. The van der Waals surface area contributed by atoms with Crippen LogP contribution in [0.4, 0.5) is 5.69 Å². The van der Waals surface area contributed by atoms with Gasteiger partial charge in [0.05, 0.1) is 0 Å². The molecule has 2 nitrogen and oxygen atoms in total. The van der Waals surface area contributed by atoms with Crippen LogP contribution < -0.4 is 5.32 Å². The number of anilines is 1. The highest BCUT2D eigenvalue weighted by Gasteiger charge is 1.95. The first kappa shape index (κ1) is 11.0. The van der Waals surface area contributed by atoms with Crippen LogP contribution in [0, 0.1) is 0 Å². The van der Waals surface area contributed by atoms with Gasteiger partial charge in [0, 0.05) is 25.9 Å². The second-order valence-corrected chi connectivity index (χ2v) is 3.84. The zero-order valence-electron chi connectivity index (χ0n) is 9.57. The van der Waals surface area contributed by atoms with Crippen LogP contribution in [-0.4, -0.2) is 20.3 Å². The van der Waals surface area contributed by atoms with Gasteiger partial charge in [-0.3, -0.25) is 0 Å². The van der Waals surface area contributed by atoms with Crippen LogP contribution in [0.3, 0.4) is 0 Å². The molecule has 2 heteroatoms. The van der Waals surface area contributed by atoms with E-state index in [0.717, 1.165) is 19.6 Å². The minimum Gasteiger partial charge on any atom is -0.385 e. The molecule has 0 heterocycles. The third-order valence-electron chi connectivity index (χ3n) is 2.60. The molecular weight excluding hydrogens is 198 g/mol. The van der Waals surface area contributed by atoms with Crippen LogP contribution in [0.5, 0.6) is 0 Å². The third-order valence-corrected chi connectivity index (χ3v) is 2.60. The quantitative estimate of drug-likeness (QED) is 0.773. The van der Waals surface area contributed by atoms with Crippen LogP contribution in [-0.2, 0) is 4.74 Å². The summed E-state index contributed by atoms with van der Waals surface area (Å²) in [6, 6.07) is 14.8. The molecule has 0 aromatic heterocycles. The van der Waals surface area contributed by atoms with Crippen molar-refractivity contribution in [3.05, 3.63) is 42.5 Å². The topological polar surface area (TPSA) is 21.3 Å². The fraction of sp³-hybridized carbons (Fsp3) is 0.286. The van der Waals surface area contributed by atoms with Crippen molar-refractivity contribution in [2.75, 3.05) is 25.6 Å². The maximum absolute atomic E-state index is 5.01. The molecule has 0 amide bonds. The Morgan fingerprint density at radius 3 is 2.69 bits per heavy atom. The molecule has 0 radical (unpaired) electrons. The predicted molar refractivity (Wildman–Crippen MR) is 68.9 cm³/mol. The molecule has 1 N–H and O–H groups in total.